The normalized spacial score (nSPS) is 26.8. The first-order valence-electron chi connectivity index (χ1n) is 9.41. The molecule has 0 spiro atoms. The fourth-order valence-corrected chi connectivity index (χ4v) is 4.53. The molecular weight excluding hydrogens is 369 g/mol. The summed E-state index contributed by atoms with van der Waals surface area (Å²) in [7, 11) is 0. The smallest absolute Gasteiger partial charge is 0.322 e. The molecule has 8 heteroatoms. The highest BCUT2D eigenvalue weighted by Crippen LogP contribution is 2.57. The van der Waals surface area contributed by atoms with Crippen molar-refractivity contribution in [3.63, 3.8) is 0 Å². The molecule has 0 atom stereocenters. The summed E-state index contributed by atoms with van der Waals surface area (Å²) >= 11 is 0. The lowest BCUT2D eigenvalue weighted by Crippen LogP contribution is -2.47. The number of aromatic nitrogens is 2. The van der Waals surface area contributed by atoms with Crippen LogP contribution in [0.4, 0.5) is 18.9 Å². The van der Waals surface area contributed by atoms with E-state index in [1.165, 1.54) is 12.1 Å². The number of nitrogens with zero attached hydrogens (tertiary/aromatic N) is 3. The van der Waals surface area contributed by atoms with Gasteiger partial charge in [-0.1, -0.05) is 5.16 Å². The van der Waals surface area contributed by atoms with Crippen LogP contribution in [0, 0.1) is 22.6 Å². The largest absolute Gasteiger partial charge is 0.384 e. The Hall–Kier alpha value is -2.56. The van der Waals surface area contributed by atoms with Crippen LogP contribution < -0.4 is 5.32 Å². The molecular formula is C20H21F3N4O. The van der Waals surface area contributed by atoms with E-state index in [2.05, 4.69) is 15.5 Å². The molecule has 0 saturated heterocycles. The maximum Gasteiger partial charge on any atom is 0.322 e. The molecule has 28 heavy (non-hydrogen) atoms. The van der Waals surface area contributed by atoms with Crippen molar-refractivity contribution in [3.8, 4) is 6.07 Å². The molecule has 0 aliphatic heterocycles. The zero-order chi connectivity index (χ0) is 20.0. The molecule has 1 aromatic carbocycles. The Morgan fingerprint density at radius 3 is 2.43 bits per heavy atom. The molecule has 148 valence electrons. The van der Waals surface area contributed by atoms with Gasteiger partial charge in [-0.3, -0.25) is 0 Å². The van der Waals surface area contributed by atoms with Crippen LogP contribution in [0.1, 0.15) is 62.7 Å². The molecule has 5 nitrogen and oxygen atoms in total. The summed E-state index contributed by atoms with van der Waals surface area (Å²) in [6.45, 7) is 1.44. The number of nitrogens with one attached hydrogen (secondary N) is 1. The first-order chi connectivity index (χ1) is 13.2. The van der Waals surface area contributed by atoms with Crippen LogP contribution in [0.2, 0.25) is 0 Å². The van der Waals surface area contributed by atoms with Gasteiger partial charge in [-0.25, -0.2) is 4.39 Å². The predicted octanol–water partition coefficient (Wildman–Crippen LogP) is 4.90. The third kappa shape index (κ3) is 3.34. The van der Waals surface area contributed by atoms with E-state index in [4.69, 9.17) is 9.78 Å². The second kappa shape index (κ2) is 6.50. The van der Waals surface area contributed by atoms with Gasteiger partial charge < -0.3 is 9.84 Å². The number of anilines is 1. The molecule has 2 bridgehead atoms. The van der Waals surface area contributed by atoms with Crippen molar-refractivity contribution in [3.05, 3.63) is 41.3 Å². The number of benzene rings is 1. The zero-order valence-corrected chi connectivity index (χ0v) is 15.6. The highest BCUT2D eigenvalue weighted by Gasteiger charge is 2.52. The van der Waals surface area contributed by atoms with Crippen LogP contribution in [0.15, 0.2) is 22.7 Å². The summed E-state index contributed by atoms with van der Waals surface area (Å²) in [6.07, 6.45) is 5.17. The minimum atomic E-state index is -3.13. The van der Waals surface area contributed by atoms with Gasteiger partial charge in [-0.15, -0.1) is 0 Å². The summed E-state index contributed by atoms with van der Waals surface area (Å²) in [5.74, 6) is -3.80. The van der Waals surface area contributed by atoms with Gasteiger partial charge in [0.05, 0.1) is 11.6 Å². The lowest BCUT2D eigenvalue weighted by Gasteiger charge is -2.52. The Balaban J connectivity index is 1.44. The topological polar surface area (TPSA) is 74.7 Å². The number of fused-ring (bicyclic) bond motifs is 3. The van der Waals surface area contributed by atoms with Crippen molar-refractivity contribution in [1.82, 2.24) is 10.1 Å². The van der Waals surface area contributed by atoms with Crippen LogP contribution in [-0.4, -0.2) is 16.7 Å². The Morgan fingerprint density at radius 2 is 1.86 bits per heavy atom. The van der Waals surface area contributed by atoms with Crippen LogP contribution in [0.3, 0.4) is 0 Å². The summed E-state index contributed by atoms with van der Waals surface area (Å²) in [6, 6.07) is 6.19. The van der Waals surface area contributed by atoms with Crippen molar-refractivity contribution < 1.29 is 17.7 Å². The fraction of sp³-hybridized carbons (Fsp3) is 0.550. The highest BCUT2D eigenvalue weighted by molar-refractivity contribution is 5.50. The Bertz CT molecular complexity index is 904. The van der Waals surface area contributed by atoms with E-state index >= 15 is 0 Å². The molecule has 3 fully saturated rings. The molecule has 1 aromatic heterocycles. The van der Waals surface area contributed by atoms with E-state index in [0.29, 0.717) is 18.1 Å². The average Bonchev–Trinajstić information content (AvgIpc) is 3.19. The van der Waals surface area contributed by atoms with Crippen molar-refractivity contribution in [2.45, 2.75) is 56.8 Å². The molecule has 0 unspecified atom stereocenters. The molecule has 0 amide bonds. The predicted molar refractivity (Wildman–Crippen MR) is 95.3 cm³/mol. The SMILES string of the molecule is CC(F)(F)c1nc(C23CCC(CNc4cc(F)cc(C#N)c4)(CC2)CC3)no1. The Kier molecular flexibility index (Phi) is 4.36. The zero-order valence-electron chi connectivity index (χ0n) is 15.6. The first kappa shape index (κ1) is 18.8. The standard InChI is InChI=1S/C20H21F3N4O/c1-18(22,23)17-26-16(27-28-17)20-5-2-19(3-6-20,4-7-20)12-25-15-9-13(11-24)8-14(21)10-15/h8-10,25H,2-7,12H2,1H3. The Labute approximate surface area is 160 Å². The number of nitriles is 1. The van der Waals surface area contributed by atoms with Gasteiger partial charge >= 0.3 is 5.92 Å². The van der Waals surface area contributed by atoms with E-state index in [-0.39, 0.29) is 16.4 Å². The van der Waals surface area contributed by atoms with E-state index in [9.17, 15) is 13.2 Å². The lowest BCUT2D eigenvalue weighted by atomic mass is 9.53. The van der Waals surface area contributed by atoms with Crippen molar-refractivity contribution in [1.29, 1.82) is 5.26 Å². The molecule has 3 aliphatic rings. The Morgan fingerprint density at radius 1 is 1.18 bits per heavy atom. The molecule has 1 heterocycles. The van der Waals surface area contributed by atoms with Gasteiger partial charge in [0, 0.05) is 24.6 Å². The quantitative estimate of drug-likeness (QED) is 0.786. The van der Waals surface area contributed by atoms with E-state index in [0.717, 1.165) is 45.4 Å². The maximum atomic E-state index is 13.6. The number of hydrogen-bond acceptors (Lipinski definition) is 5. The van der Waals surface area contributed by atoms with Crippen molar-refractivity contribution in [2.75, 3.05) is 11.9 Å². The summed E-state index contributed by atoms with van der Waals surface area (Å²) in [5.41, 5.74) is 0.664. The second-order valence-electron chi connectivity index (χ2n) is 8.29. The maximum absolute atomic E-state index is 13.6. The lowest BCUT2D eigenvalue weighted by molar-refractivity contribution is -0.0158. The summed E-state index contributed by atoms with van der Waals surface area (Å²) < 4.78 is 45.3. The second-order valence-corrected chi connectivity index (χ2v) is 8.29. The van der Waals surface area contributed by atoms with Crippen LogP contribution in [-0.2, 0) is 11.3 Å². The van der Waals surface area contributed by atoms with E-state index in [1.807, 2.05) is 6.07 Å². The fourth-order valence-electron chi connectivity index (χ4n) is 4.53. The van der Waals surface area contributed by atoms with E-state index in [1.54, 1.807) is 6.07 Å². The van der Waals surface area contributed by atoms with Gasteiger partial charge in [-0.05, 0) is 62.1 Å². The number of alkyl halides is 2. The van der Waals surface area contributed by atoms with Crippen LogP contribution in [0.25, 0.3) is 0 Å². The average molecular weight is 390 g/mol. The number of rotatable bonds is 5. The third-order valence-electron chi connectivity index (χ3n) is 6.37. The minimum absolute atomic E-state index is 0.0716. The summed E-state index contributed by atoms with van der Waals surface area (Å²) in [5, 5.41) is 16.1. The van der Waals surface area contributed by atoms with Gasteiger partial charge in [0.15, 0.2) is 5.82 Å². The molecule has 1 N–H and O–H groups in total. The van der Waals surface area contributed by atoms with Gasteiger partial charge in [0.2, 0.25) is 0 Å². The number of hydrogen-bond donors (Lipinski definition) is 1. The van der Waals surface area contributed by atoms with E-state index < -0.39 is 17.6 Å². The van der Waals surface area contributed by atoms with Gasteiger partial charge in [-0.2, -0.15) is 19.0 Å². The highest BCUT2D eigenvalue weighted by atomic mass is 19.3. The molecule has 3 aliphatic carbocycles. The minimum Gasteiger partial charge on any atom is -0.384 e. The molecule has 3 saturated carbocycles. The first-order valence-corrected chi connectivity index (χ1v) is 9.41. The van der Waals surface area contributed by atoms with Gasteiger partial charge in [0.1, 0.15) is 5.82 Å². The monoisotopic (exact) mass is 390 g/mol. The molecule has 5 rings (SSSR count). The summed E-state index contributed by atoms with van der Waals surface area (Å²) in [4.78, 5) is 4.00. The van der Waals surface area contributed by atoms with Crippen LogP contribution >= 0.6 is 0 Å². The third-order valence-corrected chi connectivity index (χ3v) is 6.37. The van der Waals surface area contributed by atoms with Gasteiger partial charge in [0.25, 0.3) is 5.89 Å². The van der Waals surface area contributed by atoms with Crippen LogP contribution in [0.5, 0.6) is 0 Å². The molecule has 0 radical (unpaired) electrons. The van der Waals surface area contributed by atoms with Crippen molar-refractivity contribution in [2.24, 2.45) is 5.41 Å². The molecule has 2 aromatic rings. The number of halogens is 3. The van der Waals surface area contributed by atoms with Crippen molar-refractivity contribution >= 4 is 5.69 Å².